The van der Waals surface area contributed by atoms with Crippen LogP contribution in [0.15, 0.2) is 29.1 Å². The normalized spacial score (nSPS) is 14.5. The van der Waals surface area contributed by atoms with Crippen LogP contribution in [-0.4, -0.2) is 15.1 Å². The molecule has 0 aliphatic carbocycles. The van der Waals surface area contributed by atoms with Crippen molar-refractivity contribution >= 4 is 23.1 Å². The molecule has 1 aliphatic rings. The van der Waals surface area contributed by atoms with E-state index in [9.17, 15) is 15.2 Å². The van der Waals surface area contributed by atoms with Gasteiger partial charge in [0.2, 0.25) is 5.88 Å². The molecule has 0 fully saturated rings. The van der Waals surface area contributed by atoms with Gasteiger partial charge in [-0.3, -0.25) is 4.79 Å². The maximum absolute atomic E-state index is 12.8. The second kappa shape index (κ2) is 6.18. The molecule has 3 aromatic rings. The predicted octanol–water partition coefficient (Wildman–Crippen LogP) is 2.76. The first-order chi connectivity index (χ1) is 13.3. The van der Waals surface area contributed by atoms with Gasteiger partial charge in [0.05, 0.1) is 22.7 Å². The number of pyridine rings is 2. The molecule has 3 heterocycles. The van der Waals surface area contributed by atoms with E-state index in [0.717, 1.165) is 0 Å². The van der Waals surface area contributed by atoms with Crippen molar-refractivity contribution in [2.45, 2.75) is 12.8 Å². The number of nitrogens with two attached hydrogens (primary N) is 2. The highest BCUT2D eigenvalue weighted by atomic mass is 35.5. The van der Waals surface area contributed by atoms with Crippen molar-refractivity contribution < 1.29 is 9.84 Å². The monoisotopic (exact) mass is 395 g/mol. The lowest BCUT2D eigenvalue weighted by Crippen LogP contribution is -2.23. The van der Waals surface area contributed by atoms with E-state index >= 15 is 0 Å². The zero-order chi connectivity index (χ0) is 20.2. The summed E-state index contributed by atoms with van der Waals surface area (Å²) in [5.41, 5.74) is 12.9. The summed E-state index contributed by atoms with van der Waals surface area (Å²) in [6, 6.07) is 8.21. The smallest absolute Gasteiger partial charge is 0.256 e. The van der Waals surface area contributed by atoms with E-state index in [4.69, 9.17) is 27.8 Å². The molecule has 1 atom stereocenters. The fourth-order valence-corrected chi connectivity index (χ4v) is 3.63. The highest BCUT2D eigenvalue weighted by molar-refractivity contribution is 6.30. The number of aromatic amines is 1. The number of anilines is 2. The number of halogens is 1. The van der Waals surface area contributed by atoms with Crippen LogP contribution in [0, 0.1) is 18.3 Å². The minimum Gasteiger partial charge on any atom is -0.507 e. The Morgan fingerprint density at radius 1 is 1.32 bits per heavy atom. The number of rotatable bonds is 1. The van der Waals surface area contributed by atoms with Crippen LogP contribution in [0.5, 0.6) is 17.4 Å². The first kappa shape index (κ1) is 17.7. The number of aromatic nitrogens is 2. The number of nitrogens with one attached hydrogen (secondary N) is 1. The molecule has 4 rings (SSSR count). The Labute approximate surface area is 164 Å². The molecule has 140 valence electrons. The molecule has 1 unspecified atom stereocenters. The maximum atomic E-state index is 12.8. The van der Waals surface area contributed by atoms with Crippen LogP contribution in [-0.2, 0) is 0 Å². The fourth-order valence-electron chi connectivity index (χ4n) is 3.45. The summed E-state index contributed by atoms with van der Waals surface area (Å²) in [6.07, 6.45) is 0. The van der Waals surface area contributed by atoms with Gasteiger partial charge in [-0.15, -0.1) is 0 Å². The Morgan fingerprint density at radius 3 is 2.75 bits per heavy atom. The number of hydrogen-bond acceptors (Lipinski definition) is 7. The van der Waals surface area contributed by atoms with E-state index in [-0.39, 0.29) is 39.8 Å². The van der Waals surface area contributed by atoms with Crippen molar-refractivity contribution in [1.82, 2.24) is 9.97 Å². The van der Waals surface area contributed by atoms with Crippen molar-refractivity contribution in [1.29, 1.82) is 5.26 Å². The standard InChI is InChI=1S/C19H14ClN5O3/c1-7-4-11(26)14(18(27)24-7)13-9-5-8(20)2-3-12(9)28-19-15(13)16(22)10(6-21)17(23)25-19/h2-5,13H,1H3,(H4,22,23,25)(H2,24,26,27). The Bertz CT molecular complexity index is 1250. The highest BCUT2D eigenvalue weighted by Gasteiger charge is 2.37. The molecule has 28 heavy (non-hydrogen) atoms. The summed E-state index contributed by atoms with van der Waals surface area (Å²) in [6.45, 7) is 1.65. The van der Waals surface area contributed by atoms with Crippen molar-refractivity contribution in [3.63, 3.8) is 0 Å². The minimum absolute atomic E-state index is 0.0270. The zero-order valence-corrected chi connectivity index (χ0v) is 15.3. The van der Waals surface area contributed by atoms with Gasteiger partial charge in [-0.1, -0.05) is 11.6 Å². The van der Waals surface area contributed by atoms with Crippen LogP contribution >= 0.6 is 11.6 Å². The summed E-state index contributed by atoms with van der Waals surface area (Å²) >= 11 is 6.16. The van der Waals surface area contributed by atoms with Crippen molar-refractivity contribution in [3.8, 4) is 23.4 Å². The van der Waals surface area contributed by atoms with Gasteiger partial charge in [-0.25, -0.2) is 0 Å². The summed E-state index contributed by atoms with van der Waals surface area (Å²) in [4.78, 5) is 19.6. The Kier molecular flexibility index (Phi) is 3.91. The van der Waals surface area contributed by atoms with E-state index in [2.05, 4.69) is 9.97 Å². The zero-order valence-electron chi connectivity index (χ0n) is 14.6. The van der Waals surface area contributed by atoms with Gasteiger partial charge in [0.25, 0.3) is 5.56 Å². The number of aryl methyl sites for hydroxylation is 1. The number of aromatic hydroxyl groups is 1. The number of fused-ring (bicyclic) bond motifs is 2. The maximum Gasteiger partial charge on any atom is 0.256 e. The quantitative estimate of drug-likeness (QED) is 0.386. The van der Waals surface area contributed by atoms with E-state index in [1.165, 1.54) is 6.07 Å². The van der Waals surface area contributed by atoms with E-state index in [1.54, 1.807) is 25.1 Å². The third-order valence-corrected chi connectivity index (χ3v) is 4.87. The van der Waals surface area contributed by atoms with E-state index in [1.807, 2.05) is 6.07 Å². The van der Waals surface area contributed by atoms with Gasteiger partial charge >= 0.3 is 0 Å². The molecule has 0 amide bonds. The lowest BCUT2D eigenvalue weighted by molar-refractivity contribution is 0.428. The van der Waals surface area contributed by atoms with Crippen molar-refractivity contribution in [2.75, 3.05) is 11.5 Å². The van der Waals surface area contributed by atoms with Gasteiger partial charge in [-0.2, -0.15) is 10.2 Å². The van der Waals surface area contributed by atoms with Gasteiger partial charge in [0.1, 0.15) is 28.9 Å². The minimum atomic E-state index is -0.859. The van der Waals surface area contributed by atoms with Crippen LogP contribution in [0.25, 0.3) is 0 Å². The summed E-state index contributed by atoms with van der Waals surface area (Å²) < 4.78 is 5.82. The number of ether oxygens (including phenoxy) is 1. The SMILES string of the molecule is Cc1cc(O)c(C2c3cc(Cl)ccc3Oc3nc(N)c(C#N)c(N)c32)c(=O)[nH]1. The topological polar surface area (TPSA) is 151 Å². The Hall–Kier alpha value is -3.70. The molecule has 1 aromatic carbocycles. The third kappa shape index (κ3) is 2.52. The van der Waals surface area contributed by atoms with Crippen LogP contribution < -0.4 is 21.8 Å². The van der Waals surface area contributed by atoms with Crippen LogP contribution in [0.1, 0.15) is 33.9 Å². The second-order valence-electron chi connectivity index (χ2n) is 6.41. The van der Waals surface area contributed by atoms with Crippen molar-refractivity contribution in [3.05, 3.63) is 67.6 Å². The predicted molar refractivity (Wildman–Crippen MR) is 104 cm³/mol. The van der Waals surface area contributed by atoms with E-state index < -0.39 is 11.5 Å². The summed E-state index contributed by atoms with van der Waals surface area (Å²) in [7, 11) is 0. The Morgan fingerprint density at radius 2 is 2.07 bits per heavy atom. The Balaban J connectivity index is 2.14. The molecule has 8 nitrogen and oxygen atoms in total. The molecular weight excluding hydrogens is 382 g/mol. The number of nitrogens with zero attached hydrogens (tertiary/aromatic N) is 2. The molecule has 9 heteroatoms. The molecular formula is C19H14ClN5O3. The number of nitrogen functional groups attached to an aromatic ring is 2. The lowest BCUT2D eigenvalue weighted by atomic mass is 9.82. The van der Waals surface area contributed by atoms with Crippen molar-refractivity contribution in [2.24, 2.45) is 0 Å². The first-order valence-electron chi connectivity index (χ1n) is 8.20. The number of nitriles is 1. The highest BCUT2D eigenvalue weighted by Crippen LogP contribution is 2.51. The average Bonchev–Trinajstić information content (AvgIpc) is 2.61. The average molecular weight is 396 g/mol. The van der Waals surface area contributed by atoms with Gasteiger partial charge in [-0.05, 0) is 31.2 Å². The second-order valence-corrected chi connectivity index (χ2v) is 6.85. The lowest BCUT2D eigenvalue weighted by Gasteiger charge is -2.29. The largest absolute Gasteiger partial charge is 0.507 e. The molecule has 0 bridgehead atoms. The van der Waals surface area contributed by atoms with Crippen LogP contribution in [0.3, 0.4) is 0 Å². The molecule has 2 aromatic heterocycles. The van der Waals surface area contributed by atoms with Crippen LogP contribution in [0.4, 0.5) is 11.5 Å². The van der Waals surface area contributed by atoms with E-state index in [0.29, 0.717) is 22.0 Å². The first-order valence-corrected chi connectivity index (χ1v) is 8.58. The molecule has 0 radical (unpaired) electrons. The number of benzene rings is 1. The molecule has 0 saturated heterocycles. The van der Waals surface area contributed by atoms with Gasteiger partial charge in [0.15, 0.2) is 0 Å². The molecule has 6 N–H and O–H groups in total. The molecule has 0 spiro atoms. The summed E-state index contributed by atoms with van der Waals surface area (Å²) in [5.74, 6) is -0.718. The number of H-pyrrole nitrogens is 1. The fraction of sp³-hybridized carbons (Fsp3) is 0.105. The number of hydrogen-bond donors (Lipinski definition) is 4. The van der Waals surface area contributed by atoms with Gasteiger partial charge < -0.3 is 26.3 Å². The molecule has 1 aliphatic heterocycles. The summed E-state index contributed by atoms with van der Waals surface area (Å²) in [5, 5.41) is 20.4. The third-order valence-electron chi connectivity index (χ3n) is 4.63. The van der Waals surface area contributed by atoms with Crippen LogP contribution in [0.2, 0.25) is 5.02 Å². The van der Waals surface area contributed by atoms with Gasteiger partial charge in [0, 0.05) is 16.3 Å². The molecule has 0 saturated carbocycles.